The summed E-state index contributed by atoms with van der Waals surface area (Å²) in [6.07, 6.45) is 0.369. The van der Waals surface area contributed by atoms with Gasteiger partial charge in [-0.2, -0.15) is 13.2 Å². The van der Waals surface area contributed by atoms with Gasteiger partial charge < -0.3 is 10.6 Å². The van der Waals surface area contributed by atoms with E-state index in [2.05, 4.69) is 16.0 Å². The van der Waals surface area contributed by atoms with Crippen LogP contribution < -0.4 is 16.0 Å². The van der Waals surface area contributed by atoms with E-state index in [0.717, 1.165) is 38.2 Å². The molecule has 0 bridgehead atoms. The molecule has 7 nitrogen and oxygen atoms in total. The monoisotopic (exact) mass is 428 g/mol. The average Bonchev–Trinajstić information content (AvgIpc) is 2.67. The molecule has 10 heteroatoms. The van der Waals surface area contributed by atoms with Crippen LogP contribution in [-0.4, -0.2) is 48.4 Å². The second kappa shape index (κ2) is 11.0. The van der Waals surface area contributed by atoms with E-state index >= 15 is 0 Å². The summed E-state index contributed by atoms with van der Waals surface area (Å²) >= 11 is 0. The van der Waals surface area contributed by atoms with E-state index in [-0.39, 0.29) is 24.8 Å². The van der Waals surface area contributed by atoms with E-state index in [1.165, 1.54) is 23.1 Å². The van der Waals surface area contributed by atoms with Crippen LogP contribution in [0.5, 0.6) is 0 Å². The minimum atomic E-state index is -4.60. The summed E-state index contributed by atoms with van der Waals surface area (Å²) in [4.78, 5) is 37.7. The van der Waals surface area contributed by atoms with Crippen LogP contribution in [0.15, 0.2) is 24.3 Å². The molecule has 0 atom stereocenters. The third-order valence-electron chi connectivity index (χ3n) is 4.88. The Morgan fingerprint density at radius 1 is 1.03 bits per heavy atom. The van der Waals surface area contributed by atoms with Crippen molar-refractivity contribution in [3.8, 4) is 0 Å². The lowest BCUT2D eigenvalue weighted by Crippen LogP contribution is -2.48. The molecule has 1 aromatic carbocycles. The van der Waals surface area contributed by atoms with Gasteiger partial charge in [-0.15, -0.1) is 0 Å². The van der Waals surface area contributed by atoms with Gasteiger partial charge in [-0.3, -0.25) is 19.8 Å². The Kier molecular flexibility index (Phi) is 8.64. The lowest BCUT2D eigenvalue weighted by molar-refractivity contribution is -0.137. The highest BCUT2D eigenvalue weighted by Gasteiger charge is 2.33. The minimum absolute atomic E-state index is 0.0494. The number of carbonyl (C=O) groups excluding carboxylic acids is 3. The predicted molar refractivity (Wildman–Crippen MR) is 106 cm³/mol. The molecule has 0 unspecified atom stereocenters. The first-order valence-corrected chi connectivity index (χ1v) is 9.97. The van der Waals surface area contributed by atoms with Gasteiger partial charge in [0, 0.05) is 6.04 Å². The van der Waals surface area contributed by atoms with Crippen molar-refractivity contribution >= 4 is 23.5 Å². The average molecular weight is 428 g/mol. The van der Waals surface area contributed by atoms with Crippen molar-refractivity contribution in [2.24, 2.45) is 0 Å². The maximum Gasteiger partial charge on any atom is 0.418 e. The number of hydrogen-bond acceptors (Lipinski definition) is 4. The molecule has 0 saturated heterocycles. The molecule has 0 radical (unpaired) electrons. The Hall–Kier alpha value is -2.62. The van der Waals surface area contributed by atoms with Crippen molar-refractivity contribution in [2.45, 2.75) is 51.2 Å². The number of nitrogens with one attached hydrogen (secondary N) is 3. The molecule has 0 spiro atoms. The zero-order chi connectivity index (χ0) is 22.1. The van der Waals surface area contributed by atoms with E-state index in [1.54, 1.807) is 6.92 Å². The van der Waals surface area contributed by atoms with Crippen LogP contribution in [0.2, 0.25) is 0 Å². The van der Waals surface area contributed by atoms with E-state index < -0.39 is 29.6 Å². The third-order valence-corrected chi connectivity index (χ3v) is 4.88. The first kappa shape index (κ1) is 23.7. The minimum Gasteiger partial charge on any atom is -0.335 e. The SMILES string of the molecule is CCN(CC(=O)NC(=O)NC1CCCCC1)CC(=O)Nc1ccccc1C(F)(F)F. The summed E-state index contributed by atoms with van der Waals surface area (Å²) in [7, 11) is 0. The van der Waals surface area contributed by atoms with Crippen LogP contribution >= 0.6 is 0 Å². The maximum atomic E-state index is 13.0. The topological polar surface area (TPSA) is 90.5 Å². The molecular formula is C20H27F3N4O3. The summed E-state index contributed by atoms with van der Waals surface area (Å²) in [5.74, 6) is -1.28. The molecule has 4 amide bonds. The summed E-state index contributed by atoms with van der Waals surface area (Å²) in [6, 6.07) is 4.14. The van der Waals surface area contributed by atoms with Crippen molar-refractivity contribution < 1.29 is 27.6 Å². The second-order valence-corrected chi connectivity index (χ2v) is 7.25. The van der Waals surface area contributed by atoms with Gasteiger partial charge in [0.05, 0.1) is 24.3 Å². The summed E-state index contributed by atoms with van der Waals surface area (Å²) in [5, 5.41) is 7.23. The Morgan fingerprint density at radius 3 is 2.30 bits per heavy atom. The van der Waals surface area contributed by atoms with Gasteiger partial charge in [0.15, 0.2) is 0 Å². The molecule has 0 aliphatic heterocycles. The van der Waals surface area contributed by atoms with Gasteiger partial charge in [-0.05, 0) is 31.5 Å². The van der Waals surface area contributed by atoms with Crippen LogP contribution in [0, 0.1) is 0 Å². The molecule has 166 valence electrons. The van der Waals surface area contributed by atoms with E-state index in [1.807, 2.05) is 0 Å². The van der Waals surface area contributed by atoms with Crippen molar-refractivity contribution in [1.82, 2.24) is 15.5 Å². The summed E-state index contributed by atoms with van der Waals surface area (Å²) in [5.41, 5.74) is -1.29. The number of rotatable bonds is 7. The van der Waals surface area contributed by atoms with Crippen LogP contribution in [-0.2, 0) is 15.8 Å². The van der Waals surface area contributed by atoms with Crippen LogP contribution in [0.3, 0.4) is 0 Å². The molecular weight excluding hydrogens is 401 g/mol. The maximum absolute atomic E-state index is 13.0. The molecule has 2 rings (SSSR count). The number of imide groups is 1. The van der Waals surface area contributed by atoms with E-state index in [0.29, 0.717) is 6.54 Å². The number of amides is 4. The molecule has 1 saturated carbocycles. The third kappa shape index (κ3) is 7.66. The van der Waals surface area contributed by atoms with Crippen LogP contribution in [0.25, 0.3) is 0 Å². The Bertz CT molecular complexity index is 749. The van der Waals surface area contributed by atoms with Crippen LogP contribution in [0.1, 0.15) is 44.6 Å². The van der Waals surface area contributed by atoms with Crippen molar-refractivity contribution in [2.75, 3.05) is 25.0 Å². The fraction of sp³-hybridized carbons (Fsp3) is 0.550. The zero-order valence-electron chi connectivity index (χ0n) is 16.8. The van der Waals surface area contributed by atoms with E-state index in [9.17, 15) is 27.6 Å². The summed E-state index contributed by atoms with van der Waals surface area (Å²) in [6.45, 7) is 1.47. The summed E-state index contributed by atoms with van der Waals surface area (Å²) < 4.78 is 39.1. The largest absolute Gasteiger partial charge is 0.418 e. The fourth-order valence-electron chi connectivity index (χ4n) is 3.35. The quantitative estimate of drug-likeness (QED) is 0.623. The predicted octanol–water partition coefficient (Wildman–Crippen LogP) is 3.12. The van der Waals surface area contributed by atoms with Gasteiger partial charge in [0.1, 0.15) is 0 Å². The Labute approximate surface area is 173 Å². The normalized spacial score (nSPS) is 15.0. The van der Waals surface area contributed by atoms with Crippen molar-refractivity contribution in [3.63, 3.8) is 0 Å². The number of alkyl halides is 3. The number of urea groups is 1. The number of anilines is 1. The number of para-hydroxylation sites is 1. The van der Waals surface area contributed by atoms with Gasteiger partial charge in [0.25, 0.3) is 0 Å². The first-order valence-electron chi connectivity index (χ1n) is 9.97. The molecule has 30 heavy (non-hydrogen) atoms. The molecule has 1 aromatic rings. The molecule has 1 aliphatic rings. The number of carbonyl (C=O) groups is 3. The number of hydrogen-bond donors (Lipinski definition) is 3. The first-order chi connectivity index (χ1) is 14.2. The van der Waals surface area contributed by atoms with Crippen LogP contribution in [0.4, 0.5) is 23.7 Å². The molecule has 1 fully saturated rings. The van der Waals surface area contributed by atoms with Gasteiger partial charge in [-0.1, -0.05) is 38.3 Å². The number of likely N-dealkylation sites (N-methyl/N-ethyl adjacent to an activating group) is 1. The zero-order valence-corrected chi connectivity index (χ0v) is 16.8. The highest BCUT2D eigenvalue weighted by molar-refractivity contribution is 5.96. The van der Waals surface area contributed by atoms with Gasteiger partial charge >= 0.3 is 12.2 Å². The second-order valence-electron chi connectivity index (χ2n) is 7.25. The standard InChI is InChI=1S/C20H27F3N4O3/c1-2-27(13-18(29)26-19(30)24-14-8-4-3-5-9-14)12-17(28)25-16-11-7-6-10-15(16)20(21,22)23/h6-7,10-11,14H,2-5,8-9,12-13H2,1H3,(H,25,28)(H2,24,26,29,30). The number of benzene rings is 1. The Morgan fingerprint density at radius 2 is 1.67 bits per heavy atom. The highest BCUT2D eigenvalue weighted by atomic mass is 19.4. The number of nitrogens with zero attached hydrogens (tertiary/aromatic N) is 1. The van der Waals surface area contributed by atoms with Crippen molar-refractivity contribution in [1.29, 1.82) is 0 Å². The molecule has 1 aliphatic carbocycles. The van der Waals surface area contributed by atoms with Crippen molar-refractivity contribution in [3.05, 3.63) is 29.8 Å². The lowest BCUT2D eigenvalue weighted by Gasteiger charge is -2.23. The fourth-order valence-corrected chi connectivity index (χ4v) is 3.35. The highest BCUT2D eigenvalue weighted by Crippen LogP contribution is 2.34. The molecule has 3 N–H and O–H groups in total. The van der Waals surface area contributed by atoms with Gasteiger partial charge in [-0.25, -0.2) is 4.79 Å². The molecule has 0 aromatic heterocycles. The smallest absolute Gasteiger partial charge is 0.335 e. The number of halogens is 3. The lowest BCUT2D eigenvalue weighted by atomic mass is 9.96. The van der Waals surface area contributed by atoms with Gasteiger partial charge in [0.2, 0.25) is 11.8 Å². The Balaban J connectivity index is 1.84. The van der Waals surface area contributed by atoms with E-state index in [4.69, 9.17) is 0 Å². The molecule has 0 heterocycles.